The Morgan fingerprint density at radius 1 is 1.08 bits per heavy atom. The highest BCUT2D eigenvalue weighted by Crippen LogP contribution is 2.20. The monoisotopic (exact) mass is 196 g/mol. The van der Waals surface area contributed by atoms with Gasteiger partial charge in [0.1, 0.15) is 0 Å². The molecule has 0 aliphatic heterocycles. The molecular weight excluding hydrogens is 180 g/mol. The third-order valence-corrected chi connectivity index (χ3v) is 2.33. The van der Waals surface area contributed by atoms with Gasteiger partial charge in [-0.1, -0.05) is 38.1 Å². The second-order valence-electron chi connectivity index (χ2n) is 3.96. The van der Waals surface area contributed by atoms with Crippen LogP contribution in [0.2, 0.25) is 0 Å². The SMILES string of the molecule is CC(C)Cc1ccc(C(C)Cl)cc1. The number of alkyl halides is 1. The lowest BCUT2D eigenvalue weighted by Gasteiger charge is -2.07. The summed E-state index contributed by atoms with van der Waals surface area (Å²) in [6, 6.07) is 8.59. The van der Waals surface area contributed by atoms with Gasteiger partial charge < -0.3 is 0 Å². The van der Waals surface area contributed by atoms with Crippen LogP contribution in [0.1, 0.15) is 37.3 Å². The van der Waals surface area contributed by atoms with E-state index in [0.717, 1.165) is 12.3 Å². The molecule has 1 atom stereocenters. The summed E-state index contributed by atoms with van der Waals surface area (Å²) < 4.78 is 0. The Morgan fingerprint density at radius 2 is 1.62 bits per heavy atom. The van der Waals surface area contributed by atoms with Gasteiger partial charge in [-0.3, -0.25) is 0 Å². The fraction of sp³-hybridized carbons (Fsp3) is 0.500. The Balaban J connectivity index is 2.70. The zero-order valence-electron chi connectivity index (χ0n) is 8.55. The van der Waals surface area contributed by atoms with Crippen LogP contribution in [0.4, 0.5) is 0 Å². The summed E-state index contributed by atoms with van der Waals surface area (Å²) in [5, 5.41) is 0.119. The Hall–Kier alpha value is -0.490. The van der Waals surface area contributed by atoms with Crippen molar-refractivity contribution in [2.24, 2.45) is 5.92 Å². The molecule has 0 aliphatic rings. The van der Waals surface area contributed by atoms with Crippen molar-refractivity contribution in [2.45, 2.75) is 32.6 Å². The van der Waals surface area contributed by atoms with Crippen LogP contribution in [0.15, 0.2) is 24.3 Å². The van der Waals surface area contributed by atoms with Gasteiger partial charge in [0, 0.05) is 0 Å². The summed E-state index contributed by atoms with van der Waals surface area (Å²) in [6.07, 6.45) is 1.15. The second kappa shape index (κ2) is 4.66. The van der Waals surface area contributed by atoms with E-state index >= 15 is 0 Å². The zero-order chi connectivity index (χ0) is 9.84. The molecule has 72 valence electrons. The maximum atomic E-state index is 5.96. The van der Waals surface area contributed by atoms with Gasteiger partial charge in [-0.25, -0.2) is 0 Å². The first kappa shape index (κ1) is 10.6. The fourth-order valence-electron chi connectivity index (χ4n) is 1.39. The number of hydrogen-bond donors (Lipinski definition) is 0. The highest BCUT2D eigenvalue weighted by atomic mass is 35.5. The lowest BCUT2D eigenvalue weighted by Crippen LogP contribution is -1.94. The molecule has 1 unspecified atom stereocenters. The second-order valence-corrected chi connectivity index (χ2v) is 4.61. The predicted octanol–water partition coefficient (Wildman–Crippen LogP) is 4.18. The van der Waals surface area contributed by atoms with Crippen LogP contribution < -0.4 is 0 Å². The molecule has 1 aromatic carbocycles. The van der Waals surface area contributed by atoms with Gasteiger partial charge in [-0.15, -0.1) is 11.6 Å². The van der Waals surface area contributed by atoms with Crippen molar-refractivity contribution in [3.05, 3.63) is 35.4 Å². The van der Waals surface area contributed by atoms with Crippen LogP contribution in [0, 0.1) is 5.92 Å². The quantitative estimate of drug-likeness (QED) is 0.637. The molecule has 0 spiro atoms. The van der Waals surface area contributed by atoms with Crippen molar-refractivity contribution in [3.63, 3.8) is 0 Å². The van der Waals surface area contributed by atoms with Crippen LogP contribution in [0.5, 0.6) is 0 Å². The van der Waals surface area contributed by atoms with Crippen molar-refractivity contribution in [3.8, 4) is 0 Å². The number of hydrogen-bond acceptors (Lipinski definition) is 0. The first-order valence-electron chi connectivity index (χ1n) is 4.82. The summed E-state index contributed by atoms with van der Waals surface area (Å²) in [6.45, 7) is 6.47. The standard InChI is InChI=1S/C12H17Cl/c1-9(2)8-11-4-6-12(7-5-11)10(3)13/h4-7,9-10H,8H2,1-3H3. The molecule has 0 N–H and O–H groups in total. The number of rotatable bonds is 3. The summed E-state index contributed by atoms with van der Waals surface area (Å²) in [7, 11) is 0. The van der Waals surface area contributed by atoms with E-state index in [1.807, 2.05) is 6.92 Å². The van der Waals surface area contributed by atoms with E-state index in [0.29, 0.717) is 0 Å². The highest BCUT2D eigenvalue weighted by molar-refractivity contribution is 6.20. The van der Waals surface area contributed by atoms with E-state index in [9.17, 15) is 0 Å². The van der Waals surface area contributed by atoms with Crippen molar-refractivity contribution in [2.75, 3.05) is 0 Å². The molecule has 13 heavy (non-hydrogen) atoms. The molecule has 0 amide bonds. The predicted molar refractivity (Wildman–Crippen MR) is 59.3 cm³/mol. The van der Waals surface area contributed by atoms with Gasteiger partial charge in [-0.05, 0) is 30.4 Å². The van der Waals surface area contributed by atoms with E-state index < -0.39 is 0 Å². The van der Waals surface area contributed by atoms with Crippen molar-refractivity contribution < 1.29 is 0 Å². The lowest BCUT2D eigenvalue weighted by molar-refractivity contribution is 0.647. The topological polar surface area (TPSA) is 0 Å². The molecule has 0 saturated carbocycles. The molecule has 0 radical (unpaired) electrons. The van der Waals surface area contributed by atoms with Crippen LogP contribution in [-0.4, -0.2) is 0 Å². The summed E-state index contributed by atoms with van der Waals surface area (Å²) in [4.78, 5) is 0. The van der Waals surface area contributed by atoms with Gasteiger partial charge in [0.05, 0.1) is 5.38 Å². The summed E-state index contributed by atoms with van der Waals surface area (Å²) in [5.74, 6) is 0.722. The molecule has 1 heteroatoms. The van der Waals surface area contributed by atoms with E-state index in [1.54, 1.807) is 0 Å². The van der Waals surface area contributed by atoms with Gasteiger partial charge in [0.15, 0.2) is 0 Å². The Kier molecular flexibility index (Phi) is 3.80. The Morgan fingerprint density at radius 3 is 2.00 bits per heavy atom. The minimum atomic E-state index is 0.119. The molecular formula is C12H17Cl. The fourth-order valence-corrected chi connectivity index (χ4v) is 1.54. The van der Waals surface area contributed by atoms with Crippen molar-refractivity contribution >= 4 is 11.6 Å². The molecule has 0 aliphatic carbocycles. The smallest absolute Gasteiger partial charge is 0.0557 e. The zero-order valence-corrected chi connectivity index (χ0v) is 9.31. The van der Waals surface area contributed by atoms with E-state index in [2.05, 4.69) is 38.1 Å². The molecule has 0 bridgehead atoms. The first-order chi connectivity index (χ1) is 6.09. The molecule has 0 nitrogen and oxygen atoms in total. The number of halogens is 1. The van der Waals surface area contributed by atoms with E-state index in [4.69, 9.17) is 11.6 Å². The Bertz CT molecular complexity index is 246. The molecule has 1 rings (SSSR count). The van der Waals surface area contributed by atoms with Crippen LogP contribution in [-0.2, 0) is 6.42 Å². The van der Waals surface area contributed by atoms with Crippen molar-refractivity contribution in [1.82, 2.24) is 0 Å². The molecule has 0 aromatic heterocycles. The van der Waals surface area contributed by atoms with Crippen molar-refractivity contribution in [1.29, 1.82) is 0 Å². The highest BCUT2D eigenvalue weighted by Gasteiger charge is 2.01. The lowest BCUT2D eigenvalue weighted by atomic mass is 10.0. The van der Waals surface area contributed by atoms with E-state index in [-0.39, 0.29) is 5.38 Å². The van der Waals surface area contributed by atoms with Gasteiger partial charge >= 0.3 is 0 Å². The van der Waals surface area contributed by atoms with Crippen LogP contribution in [0.3, 0.4) is 0 Å². The van der Waals surface area contributed by atoms with Crippen LogP contribution >= 0.6 is 11.6 Å². The third-order valence-electron chi connectivity index (χ3n) is 2.08. The summed E-state index contributed by atoms with van der Waals surface area (Å²) >= 11 is 5.96. The number of benzene rings is 1. The van der Waals surface area contributed by atoms with Gasteiger partial charge in [-0.2, -0.15) is 0 Å². The minimum Gasteiger partial charge on any atom is -0.118 e. The summed E-state index contributed by atoms with van der Waals surface area (Å²) in [5.41, 5.74) is 2.60. The Labute approximate surface area is 85.9 Å². The maximum absolute atomic E-state index is 5.96. The molecule has 1 aromatic rings. The average Bonchev–Trinajstić information content (AvgIpc) is 2.04. The van der Waals surface area contributed by atoms with Gasteiger partial charge in [0.25, 0.3) is 0 Å². The van der Waals surface area contributed by atoms with E-state index in [1.165, 1.54) is 11.1 Å². The largest absolute Gasteiger partial charge is 0.118 e. The first-order valence-corrected chi connectivity index (χ1v) is 5.26. The molecule has 0 fully saturated rings. The van der Waals surface area contributed by atoms with Crippen LogP contribution in [0.25, 0.3) is 0 Å². The molecule has 0 saturated heterocycles. The normalized spacial score (nSPS) is 13.3. The molecule has 0 heterocycles. The maximum Gasteiger partial charge on any atom is 0.0557 e. The average molecular weight is 197 g/mol. The third kappa shape index (κ3) is 3.40. The minimum absolute atomic E-state index is 0.119. The van der Waals surface area contributed by atoms with Gasteiger partial charge in [0.2, 0.25) is 0 Å².